The van der Waals surface area contributed by atoms with Gasteiger partial charge in [-0.1, -0.05) is 0 Å². The first-order valence-electron chi connectivity index (χ1n) is 7.43. The Morgan fingerprint density at radius 3 is 2.65 bits per heavy atom. The number of nitrogens with zero attached hydrogens (tertiary/aromatic N) is 2. The molecule has 0 spiro atoms. The number of aromatic nitrogens is 2. The predicted molar refractivity (Wildman–Crippen MR) is 73.1 cm³/mol. The molecule has 1 N–H and O–H groups in total. The van der Waals surface area contributed by atoms with E-state index < -0.39 is 23.7 Å². The Morgan fingerprint density at radius 1 is 1.30 bits per heavy atom. The van der Waals surface area contributed by atoms with Gasteiger partial charge in [0.05, 0.1) is 6.61 Å². The van der Waals surface area contributed by atoms with E-state index in [9.17, 15) is 22.8 Å². The molecule has 2 fully saturated rings. The quantitative estimate of drug-likeness (QED) is 0.890. The summed E-state index contributed by atoms with van der Waals surface area (Å²) >= 11 is 0. The molecule has 1 atom stereocenters. The fourth-order valence-electron chi connectivity index (χ4n) is 2.53. The number of ether oxygens (including phenoxy) is 1. The summed E-state index contributed by atoms with van der Waals surface area (Å²) in [5, 5.41) is 0. The van der Waals surface area contributed by atoms with Crippen LogP contribution in [-0.4, -0.2) is 52.8 Å². The highest BCUT2D eigenvalue weighted by Gasteiger charge is 2.42. The Balaban J connectivity index is 1.71. The van der Waals surface area contributed by atoms with Crippen molar-refractivity contribution in [2.24, 2.45) is 0 Å². The van der Waals surface area contributed by atoms with Crippen LogP contribution < -0.4 is 5.56 Å². The summed E-state index contributed by atoms with van der Waals surface area (Å²) in [6, 6.07) is 0. The zero-order chi connectivity index (χ0) is 16.6. The van der Waals surface area contributed by atoms with Crippen LogP contribution in [0.4, 0.5) is 13.2 Å². The highest BCUT2D eigenvalue weighted by Crippen LogP contribution is 2.37. The zero-order valence-corrected chi connectivity index (χ0v) is 12.2. The standard InChI is InChI=1S/C14H16F3N3O3/c15-14(16,17)10-3-4-20(5-6-23-10)13(22)9-7-18-11(8-1-2-8)19-12(9)21/h7-8,10H,1-6H2,(H,18,19,21). The molecule has 1 amide bonds. The second-order valence-electron chi connectivity index (χ2n) is 5.77. The highest BCUT2D eigenvalue weighted by molar-refractivity contribution is 5.93. The van der Waals surface area contributed by atoms with E-state index in [2.05, 4.69) is 9.97 Å². The molecule has 0 radical (unpaired) electrons. The van der Waals surface area contributed by atoms with Crippen molar-refractivity contribution < 1.29 is 22.7 Å². The van der Waals surface area contributed by atoms with Crippen molar-refractivity contribution in [3.63, 3.8) is 0 Å². The summed E-state index contributed by atoms with van der Waals surface area (Å²) in [5.41, 5.74) is -0.704. The lowest BCUT2D eigenvalue weighted by Gasteiger charge is -2.20. The van der Waals surface area contributed by atoms with Gasteiger partial charge in [-0.05, 0) is 12.8 Å². The summed E-state index contributed by atoms with van der Waals surface area (Å²) in [7, 11) is 0. The van der Waals surface area contributed by atoms with Crippen LogP contribution >= 0.6 is 0 Å². The molecule has 3 rings (SSSR count). The van der Waals surface area contributed by atoms with E-state index in [1.54, 1.807) is 0 Å². The van der Waals surface area contributed by atoms with Gasteiger partial charge in [-0.2, -0.15) is 13.2 Å². The molecule has 0 aromatic carbocycles. The molecule has 1 unspecified atom stereocenters. The van der Waals surface area contributed by atoms with Gasteiger partial charge in [0.1, 0.15) is 11.4 Å². The molecule has 1 aliphatic carbocycles. The van der Waals surface area contributed by atoms with Gasteiger partial charge in [-0.15, -0.1) is 0 Å². The van der Waals surface area contributed by atoms with Crippen molar-refractivity contribution in [3.8, 4) is 0 Å². The number of carbonyl (C=O) groups is 1. The molecule has 1 aromatic heterocycles. The van der Waals surface area contributed by atoms with Crippen molar-refractivity contribution in [1.82, 2.24) is 14.9 Å². The maximum Gasteiger partial charge on any atom is 0.414 e. The van der Waals surface area contributed by atoms with E-state index in [1.165, 1.54) is 11.1 Å². The minimum atomic E-state index is -4.45. The van der Waals surface area contributed by atoms with Crippen LogP contribution in [-0.2, 0) is 4.74 Å². The van der Waals surface area contributed by atoms with Gasteiger partial charge in [0.15, 0.2) is 6.10 Å². The Labute approximate surface area is 129 Å². The third kappa shape index (κ3) is 3.54. The molecule has 0 bridgehead atoms. The average molecular weight is 331 g/mol. The summed E-state index contributed by atoms with van der Waals surface area (Å²) in [5.74, 6) is 0.182. The second kappa shape index (κ2) is 5.95. The van der Waals surface area contributed by atoms with Crippen molar-refractivity contribution in [1.29, 1.82) is 0 Å². The number of H-pyrrole nitrogens is 1. The number of amides is 1. The largest absolute Gasteiger partial charge is 0.414 e. The van der Waals surface area contributed by atoms with Gasteiger partial charge >= 0.3 is 6.18 Å². The summed E-state index contributed by atoms with van der Waals surface area (Å²) in [4.78, 5) is 32.2. The number of aromatic amines is 1. The predicted octanol–water partition coefficient (Wildman–Crippen LogP) is 1.44. The highest BCUT2D eigenvalue weighted by atomic mass is 19.4. The minimum absolute atomic E-state index is 0.00916. The van der Waals surface area contributed by atoms with Crippen LogP contribution in [0.25, 0.3) is 0 Å². The zero-order valence-electron chi connectivity index (χ0n) is 12.2. The maximum atomic E-state index is 12.7. The number of nitrogens with one attached hydrogen (secondary N) is 1. The fraction of sp³-hybridized carbons (Fsp3) is 0.643. The number of carbonyl (C=O) groups excluding carboxylic acids is 1. The molecular weight excluding hydrogens is 315 g/mol. The SMILES string of the molecule is O=C(c1cnc(C2CC2)[nH]c1=O)N1CCOC(C(F)(F)F)CC1. The minimum Gasteiger partial charge on any atom is -0.367 e. The van der Waals surface area contributed by atoms with Crippen molar-refractivity contribution >= 4 is 5.91 Å². The lowest BCUT2D eigenvalue weighted by molar-refractivity contribution is -0.218. The second-order valence-corrected chi connectivity index (χ2v) is 5.77. The van der Waals surface area contributed by atoms with Crippen LogP contribution in [0.2, 0.25) is 0 Å². The Kier molecular flexibility index (Phi) is 4.13. The van der Waals surface area contributed by atoms with Gasteiger partial charge in [0, 0.05) is 31.6 Å². The lowest BCUT2D eigenvalue weighted by atomic mass is 10.2. The number of hydrogen-bond acceptors (Lipinski definition) is 4. The van der Waals surface area contributed by atoms with Crippen LogP contribution in [0, 0.1) is 0 Å². The molecule has 1 saturated carbocycles. The van der Waals surface area contributed by atoms with Gasteiger partial charge in [-0.25, -0.2) is 4.98 Å². The molecule has 1 aliphatic heterocycles. The third-order valence-electron chi connectivity index (χ3n) is 4.01. The molecule has 126 valence electrons. The average Bonchev–Trinajstić information content (AvgIpc) is 3.31. The molecule has 23 heavy (non-hydrogen) atoms. The summed E-state index contributed by atoms with van der Waals surface area (Å²) in [6.45, 7) is -0.330. The molecule has 2 aliphatic rings. The Morgan fingerprint density at radius 2 is 2.04 bits per heavy atom. The summed E-state index contributed by atoms with van der Waals surface area (Å²) in [6.07, 6.45) is -3.56. The van der Waals surface area contributed by atoms with Gasteiger partial charge in [0.2, 0.25) is 0 Å². The summed E-state index contributed by atoms with van der Waals surface area (Å²) < 4.78 is 42.8. The Bertz CT molecular complexity index is 655. The number of hydrogen-bond donors (Lipinski definition) is 1. The topological polar surface area (TPSA) is 75.3 Å². The van der Waals surface area contributed by atoms with Gasteiger partial charge in [-0.3, -0.25) is 9.59 Å². The van der Waals surface area contributed by atoms with Crippen molar-refractivity contribution in [2.75, 3.05) is 19.7 Å². The fourth-order valence-corrected chi connectivity index (χ4v) is 2.53. The monoisotopic (exact) mass is 331 g/mol. The van der Waals surface area contributed by atoms with Crippen molar-refractivity contribution in [3.05, 3.63) is 27.9 Å². The lowest BCUT2D eigenvalue weighted by Crippen LogP contribution is -2.37. The van der Waals surface area contributed by atoms with Crippen LogP contribution in [0.5, 0.6) is 0 Å². The first kappa shape index (κ1) is 16.0. The van der Waals surface area contributed by atoms with Gasteiger partial charge < -0.3 is 14.6 Å². The van der Waals surface area contributed by atoms with E-state index in [0.717, 1.165) is 12.8 Å². The van der Waals surface area contributed by atoms with Crippen molar-refractivity contribution in [2.45, 2.75) is 37.5 Å². The smallest absolute Gasteiger partial charge is 0.367 e. The molecule has 2 heterocycles. The third-order valence-corrected chi connectivity index (χ3v) is 4.01. The van der Waals surface area contributed by atoms with Gasteiger partial charge in [0.25, 0.3) is 11.5 Å². The first-order chi connectivity index (χ1) is 10.9. The van der Waals surface area contributed by atoms with E-state index in [1.807, 2.05) is 0 Å². The van der Waals surface area contributed by atoms with Crippen LogP contribution in [0.3, 0.4) is 0 Å². The first-order valence-corrected chi connectivity index (χ1v) is 7.43. The van der Waals surface area contributed by atoms with E-state index in [4.69, 9.17) is 4.74 Å². The molecule has 6 nitrogen and oxygen atoms in total. The maximum absolute atomic E-state index is 12.7. The molecule has 1 saturated heterocycles. The number of rotatable bonds is 2. The Hall–Kier alpha value is -1.90. The van der Waals surface area contributed by atoms with E-state index in [0.29, 0.717) is 5.82 Å². The van der Waals surface area contributed by atoms with E-state index >= 15 is 0 Å². The molecule has 9 heteroatoms. The van der Waals surface area contributed by atoms with Crippen LogP contribution in [0.1, 0.15) is 41.4 Å². The number of halogens is 3. The normalized spacial score (nSPS) is 22.7. The van der Waals surface area contributed by atoms with E-state index in [-0.39, 0.29) is 37.6 Å². The number of alkyl halides is 3. The van der Waals surface area contributed by atoms with Crippen LogP contribution in [0.15, 0.2) is 11.0 Å². The molecular formula is C14H16F3N3O3. The molecule has 1 aromatic rings.